The first kappa shape index (κ1) is 23.5. The molecule has 1 aliphatic heterocycles. The van der Waals surface area contributed by atoms with E-state index in [-0.39, 0.29) is 30.8 Å². The number of nitrogens with zero attached hydrogens (tertiary/aromatic N) is 1. The van der Waals surface area contributed by atoms with Crippen LogP contribution < -0.4 is 5.32 Å². The Morgan fingerprint density at radius 2 is 1.66 bits per heavy atom. The van der Waals surface area contributed by atoms with Crippen LogP contribution in [0.15, 0.2) is 60.7 Å². The van der Waals surface area contributed by atoms with Crippen LogP contribution >= 0.6 is 0 Å². The van der Waals surface area contributed by atoms with Crippen molar-refractivity contribution in [2.24, 2.45) is 5.92 Å². The largest absolute Gasteiger partial charge is 0.459 e. The first-order valence-corrected chi connectivity index (χ1v) is 11.3. The normalized spacial score (nSPS) is 17.4. The van der Waals surface area contributed by atoms with Gasteiger partial charge in [-0.2, -0.15) is 0 Å². The van der Waals surface area contributed by atoms with E-state index in [1.165, 1.54) is 0 Å². The Labute approximate surface area is 189 Å². The van der Waals surface area contributed by atoms with Gasteiger partial charge in [-0.3, -0.25) is 9.59 Å². The molecule has 3 rings (SSSR count). The van der Waals surface area contributed by atoms with E-state index in [0.717, 1.165) is 24.0 Å². The van der Waals surface area contributed by atoms with Crippen LogP contribution in [0.5, 0.6) is 0 Å². The highest BCUT2D eigenvalue weighted by atomic mass is 16.5. The number of carbonyl (C=O) groups excluding carboxylic acids is 3. The number of rotatable bonds is 9. The fourth-order valence-electron chi connectivity index (χ4n) is 3.97. The Morgan fingerprint density at radius 3 is 2.28 bits per heavy atom. The minimum atomic E-state index is -0.668. The van der Waals surface area contributed by atoms with Crippen LogP contribution in [0.1, 0.15) is 44.2 Å². The number of esters is 1. The Balaban J connectivity index is 1.64. The molecule has 0 bridgehead atoms. The molecule has 6 nitrogen and oxygen atoms in total. The second-order valence-electron chi connectivity index (χ2n) is 8.38. The summed E-state index contributed by atoms with van der Waals surface area (Å²) < 4.78 is 5.50. The third kappa shape index (κ3) is 6.19. The highest BCUT2D eigenvalue weighted by Crippen LogP contribution is 2.23. The third-order valence-corrected chi connectivity index (χ3v) is 6.03. The van der Waals surface area contributed by atoms with E-state index in [4.69, 9.17) is 4.74 Å². The van der Waals surface area contributed by atoms with Crippen LogP contribution in [0.3, 0.4) is 0 Å². The quantitative estimate of drug-likeness (QED) is 0.611. The summed E-state index contributed by atoms with van der Waals surface area (Å²) in [4.78, 5) is 40.4. The van der Waals surface area contributed by atoms with E-state index < -0.39 is 18.1 Å². The fourth-order valence-corrected chi connectivity index (χ4v) is 3.97. The first-order valence-electron chi connectivity index (χ1n) is 11.3. The van der Waals surface area contributed by atoms with Gasteiger partial charge in [0.25, 0.3) is 0 Å². The standard InChI is InChI=1S/C26H32N2O4/c1-3-19(2)24(27-23(29)17-20-11-6-4-7-12-20)25(30)28-16-10-15-22(28)26(31)32-18-21-13-8-5-9-14-21/h4-9,11-14,19,22,24H,3,10,15-18H2,1-2H3,(H,27,29)/t19?,22-,24?/m0/s1. The van der Waals surface area contributed by atoms with Crippen LogP contribution in [-0.4, -0.2) is 41.3 Å². The zero-order valence-electron chi connectivity index (χ0n) is 18.8. The molecule has 0 saturated carbocycles. The van der Waals surface area contributed by atoms with Gasteiger partial charge in [-0.05, 0) is 29.9 Å². The summed E-state index contributed by atoms with van der Waals surface area (Å²) in [5.41, 5.74) is 1.80. The average Bonchev–Trinajstić information content (AvgIpc) is 3.31. The third-order valence-electron chi connectivity index (χ3n) is 6.03. The van der Waals surface area contributed by atoms with Crippen LogP contribution in [0, 0.1) is 5.92 Å². The van der Waals surface area contributed by atoms with Gasteiger partial charge >= 0.3 is 5.97 Å². The molecule has 2 aromatic rings. The summed E-state index contributed by atoms with van der Waals surface area (Å²) in [5.74, 6) is -0.848. The van der Waals surface area contributed by atoms with E-state index in [2.05, 4.69) is 5.32 Å². The summed E-state index contributed by atoms with van der Waals surface area (Å²) in [7, 11) is 0. The van der Waals surface area contributed by atoms with Crippen molar-refractivity contribution in [2.45, 2.75) is 58.2 Å². The average molecular weight is 437 g/mol. The molecule has 1 saturated heterocycles. The molecule has 3 atom stereocenters. The molecule has 0 radical (unpaired) electrons. The van der Waals surface area contributed by atoms with E-state index >= 15 is 0 Å². The maximum Gasteiger partial charge on any atom is 0.329 e. The smallest absolute Gasteiger partial charge is 0.329 e. The van der Waals surface area contributed by atoms with Crippen molar-refractivity contribution >= 4 is 17.8 Å². The number of likely N-dealkylation sites (tertiary alicyclic amines) is 1. The number of amides is 2. The van der Waals surface area contributed by atoms with Crippen molar-refractivity contribution in [3.63, 3.8) is 0 Å². The van der Waals surface area contributed by atoms with Crippen LogP contribution in [0.4, 0.5) is 0 Å². The van der Waals surface area contributed by atoms with E-state index in [9.17, 15) is 14.4 Å². The number of benzene rings is 2. The monoisotopic (exact) mass is 436 g/mol. The summed E-state index contributed by atoms with van der Waals surface area (Å²) >= 11 is 0. The maximum atomic E-state index is 13.4. The predicted molar refractivity (Wildman–Crippen MR) is 123 cm³/mol. The summed E-state index contributed by atoms with van der Waals surface area (Å²) in [6, 6.07) is 17.7. The molecule has 32 heavy (non-hydrogen) atoms. The first-order chi connectivity index (χ1) is 15.5. The van der Waals surface area contributed by atoms with Crippen LogP contribution in [0.25, 0.3) is 0 Å². The van der Waals surface area contributed by atoms with Crippen LogP contribution in [0.2, 0.25) is 0 Å². The summed E-state index contributed by atoms with van der Waals surface area (Å²) in [6.07, 6.45) is 2.26. The van der Waals surface area contributed by atoms with Crippen molar-refractivity contribution in [3.8, 4) is 0 Å². The lowest BCUT2D eigenvalue weighted by Crippen LogP contribution is -2.54. The predicted octanol–water partition coefficient (Wildman–Crippen LogP) is 3.49. The molecule has 2 unspecified atom stereocenters. The van der Waals surface area contributed by atoms with Gasteiger partial charge < -0.3 is 15.0 Å². The van der Waals surface area contributed by atoms with Gasteiger partial charge in [-0.25, -0.2) is 4.79 Å². The maximum absolute atomic E-state index is 13.4. The Kier molecular flexibility index (Phi) is 8.42. The zero-order chi connectivity index (χ0) is 22.9. The highest BCUT2D eigenvalue weighted by molar-refractivity contribution is 5.91. The van der Waals surface area contributed by atoms with Gasteiger partial charge in [0.1, 0.15) is 18.7 Å². The lowest BCUT2D eigenvalue weighted by atomic mass is 9.97. The Bertz CT molecular complexity index is 901. The van der Waals surface area contributed by atoms with Gasteiger partial charge in [-0.15, -0.1) is 0 Å². The second kappa shape index (κ2) is 11.5. The molecule has 2 amide bonds. The molecule has 6 heteroatoms. The molecule has 170 valence electrons. The number of ether oxygens (including phenoxy) is 1. The van der Waals surface area contributed by atoms with Crippen molar-refractivity contribution in [1.82, 2.24) is 10.2 Å². The van der Waals surface area contributed by atoms with E-state index in [0.29, 0.717) is 13.0 Å². The van der Waals surface area contributed by atoms with E-state index in [1.807, 2.05) is 74.5 Å². The highest BCUT2D eigenvalue weighted by Gasteiger charge is 2.39. The van der Waals surface area contributed by atoms with E-state index in [1.54, 1.807) is 4.90 Å². The number of nitrogens with one attached hydrogen (secondary N) is 1. The molecule has 1 fully saturated rings. The van der Waals surface area contributed by atoms with Crippen molar-refractivity contribution in [3.05, 3.63) is 71.8 Å². The summed E-state index contributed by atoms with van der Waals surface area (Å²) in [5, 5.41) is 2.93. The zero-order valence-corrected chi connectivity index (χ0v) is 18.8. The Hall–Kier alpha value is -3.15. The van der Waals surface area contributed by atoms with Crippen LogP contribution in [-0.2, 0) is 32.1 Å². The second-order valence-corrected chi connectivity index (χ2v) is 8.38. The summed E-state index contributed by atoms with van der Waals surface area (Å²) in [6.45, 7) is 4.61. The van der Waals surface area contributed by atoms with Gasteiger partial charge in [-0.1, -0.05) is 80.9 Å². The molecular formula is C26H32N2O4. The molecule has 0 aromatic heterocycles. The molecule has 1 N–H and O–H groups in total. The molecule has 1 heterocycles. The van der Waals surface area contributed by atoms with Crippen molar-refractivity contribution in [2.75, 3.05) is 6.54 Å². The molecule has 0 spiro atoms. The van der Waals surface area contributed by atoms with Gasteiger partial charge in [0, 0.05) is 6.54 Å². The number of carbonyl (C=O) groups is 3. The number of hydrogen-bond donors (Lipinski definition) is 1. The lowest BCUT2D eigenvalue weighted by Gasteiger charge is -2.31. The van der Waals surface area contributed by atoms with Gasteiger partial charge in [0.05, 0.1) is 6.42 Å². The minimum Gasteiger partial charge on any atom is -0.459 e. The molecule has 1 aliphatic rings. The van der Waals surface area contributed by atoms with Crippen molar-refractivity contribution < 1.29 is 19.1 Å². The van der Waals surface area contributed by atoms with Gasteiger partial charge in [0.2, 0.25) is 11.8 Å². The number of hydrogen-bond acceptors (Lipinski definition) is 4. The Morgan fingerprint density at radius 1 is 1.03 bits per heavy atom. The topological polar surface area (TPSA) is 75.7 Å². The van der Waals surface area contributed by atoms with Gasteiger partial charge in [0.15, 0.2) is 0 Å². The molecular weight excluding hydrogens is 404 g/mol. The lowest BCUT2D eigenvalue weighted by molar-refractivity contribution is -0.155. The van der Waals surface area contributed by atoms with Crippen molar-refractivity contribution in [1.29, 1.82) is 0 Å². The molecule has 2 aromatic carbocycles. The fraction of sp³-hybridized carbons (Fsp3) is 0.423. The minimum absolute atomic E-state index is 0.0520. The molecule has 0 aliphatic carbocycles. The SMILES string of the molecule is CCC(C)C(NC(=O)Cc1ccccc1)C(=O)N1CCC[C@H]1C(=O)OCc1ccccc1.